The molecule has 0 saturated carbocycles. The van der Waals surface area contributed by atoms with Crippen molar-refractivity contribution < 1.29 is 18.3 Å². The number of phenols is 1. The summed E-state index contributed by atoms with van der Waals surface area (Å²) in [6.07, 6.45) is 0.760. The van der Waals surface area contributed by atoms with Crippen LogP contribution in [0.3, 0.4) is 0 Å². The Bertz CT molecular complexity index is 902. The molecule has 3 rings (SSSR count). The van der Waals surface area contributed by atoms with E-state index in [9.17, 15) is 18.3 Å². The van der Waals surface area contributed by atoms with E-state index in [1.165, 1.54) is 4.31 Å². The molecule has 0 aliphatic carbocycles. The largest absolute Gasteiger partial charge is 0.508 e. The molecule has 0 bridgehead atoms. The topological polar surface area (TPSA) is 77.9 Å². The second-order valence-electron chi connectivity index (χ2n) is 6.73. The molecule has 0 aromatic heterocycles. The molecule has 6 nitrogen and oxygen atoms in total. The first kappa shape index (κ1) is 19.4. The minimum atomic E-state index is -3.53. The SMILES string of the molecule is Cc1ccc(S(=O)(=O)N2CCN(C(=O)CCc3ccccc3O)CC2)cc1. The van der Waals surface area contributed by atoms with Crippen LogP contribution in [-0.4, -0.2) is 54.8 Å². The van der Waals surface area contributed by atoms with Crippen molar-refractivity contribution in [3.05, 3.63) is 59.7 Å². The minimum absolute atomic E-state index is 0.0226. The van der Waals surface area contributed by atoms with Crippen LogP contribution in [0.1, 0.15) is 17.5 Å². The Balaban J connectivity index is 1.56. The van der Waals surface area contributed by atoms with Gasteiger partial charge in [0.1, 0.15) is 5.75 Å². The van der Waals surface area contributed by atoms with E-state index in [0.717, 1.165) is 11.1 Å². The van der Waals surface area contributed by atoms with E-state index in [1.54, 1.807) is 47.4 Å². The number of rotatable bonds is 5. The fraction of sp³-hybridized carbons (Fsp3) is 0.350. The van der Waals surface area contributed by atoms with Crippen molar-refractivity contribution in [2.45, 2.75) is 24.7 Å². The van der Waals surface area contributed by atoms with Crippen LogP contribution in [0.4, 0.5) is 0 Å². The fourth-order valence-electron chi connectivity index (χ4n) is 3.16. The third-order valence-corrected chi connectivity index (χ3v) is 6.76. The number of amides is 1. The third kappa shape index (κ3) is 4.48. The van der Waals surface area contributed by atoms with Crippen molar-refractivity contribution in [2.75, 3.05) is 26.2 Å². The van der Waals surface area contributed by atoms with Gasteiger partial charge in [0.2, 0.25) is 15.9 Å². The molecule has 2 aromatic carbocycles. The van der Waals surface area contributed by atoms with Crippen molar-refractivity contribution in [3.63, 3.8) is 0 Å². The van der Waals surface area contributed by atoms with Crippen LogP contribution in [-0.2, 0) is 21.2 Å². The highest BCUT2D eigenvalue weighted by atomic mass is 32.2. The molecule has 144 valence electrons. The highest BCUT2D eigenvalue weighted by Gasteiger charge is 2.29. The quantitative estimate of drug-likeness (QED) is 0.852. The lowest BCUT2D eigenvalue weighted by Crippen LogP contribution is -2.50. The van der Waals surface area contributed by atoms with Crippen molar-refractivity contribution in [3.8, 4) is 5.75 Å². The van der Waals surface area contributed by atoms with E-state index >= 15 is 0 Å². The molecule has 1 aliphatic heterocycles. The first-order valence-electron chi connectivity index (χ1n) is 8.99. The first-order valence-corrected chi connectivity index (χ1v) is 10.4. The number of para-hydroxylation sites is 1. The normalized spacial score (nSPS) is 15.7. The molecule has 0 atom stereocenters. The number of sulfonamides is 1. The van der Waals surface area contributed by atoms with Gasteiger partial charge in [-0.2, -0.15) is 4.31 Å². The monoisotopic (exact) mass is 388 g/mol. The van der Waals surface area contributed by atoms with E-state index in [2.05, 4.69) is 0 Å². The van der Waals surface area contributed by atoms with Crippen molar-refractivity contribution >= 4 is 15.9 Å². The smallest absolute Gasteiger partial charge is 0.243 e. The van der Waals surface area contributed by atoms with Gasteiger partial charge in [0, 0.05) is 32.6 Å². The van der Waals surface area contributed by atoms with Crippen LogP contribution in [0.25, 0.3) is 0 Å². The molecule has 1 saturated heterocycles. The zero-order chi connectivity index (χ0) is 19.4. The van der Waals surface area contributed by atoms with Gasteiger partial charge in [0.05, 0.1) is 4.90 Å². The highest BCUT2D eigenvalue weighted by molar-refractivity contribution is 7.89. The number of carbonyl (C=O) groups excluding carboxylic acids is 1. The summed E-state index contributed by atoms with van der Waals surface area (Å²) in [5.74, 6) is 0.171. The summed E-state index contributed by atoms with van der Waals surface area (Å²) in [4.78, 5) is 14.4. The van der Waals surface area contributed by atoms with Crippen LogP contribution in [0.5, 0.6) is 5.75 Å². The maximum atomic E-state index is 12.7. The van der Waals surface area contributed by atoms with Gasteiger partial charge in [-0.1, -0.05) is 35.9 Å². The predicted molar refractivity (Wildman–Crippen MR) is 103 cm³/mol. The van der Waals surface area contributed by atoms with Crippen LogP contribution < -0.4 is 0 Å². The summed E-state index contributed by atoms with van der Waals surface area (Å²) in [5, 5.41) is 9.79. The number of hydrogen-bond acceptors (Lipinski definition) is 4. The molecule has 0 radical (unpaired) electrons. The van der Waals surface area contributed by atoms with Crippen molar-refractivity contribution in [1.82, 2.24) is 9.21 Å². The Labute approximate surface area is 160 Å². The minimum Gasteiger partial charge on any atom is -0.508 e. The molecule has 1 N–H and O–H groups in total. The van der Waals surface area contributed by atoms with E-state index in [4.69, 9.17) is 0 Å². The Hall–Kier alpha value is -2.38. The number of aryl methyl sites for hydroxylation is 2. The number of carbonyl (C=O) groups is 1. The Morgan fingerprint density at radius 1 is 1.00 bits per heavy atom. The zero-order valence-electron chi connectivity index (χ0n) is 15.3. The van der Waals surface area contributed by atoms with Gasteiger partial charge < -0.3 is 10.0 Å². The molecule has 1 fully saturated rings. The predicted octanol–water partition coefficient (Wildman–Crippen LogP) is 2.17. The van der Waals surface area contributed by atoms with Crippen LogP contribution in [0.2, 0.25) is 0 Å². The fourth-order valence-corrected chi connectivity index (χ4v) is 4.58. The molecule has 1 aliphatic rings. The molecular weight excluding hydrogens is 364 g/mol. The highest BCUT2D eigenvalue weighted by Crippen LogP contribution is 2.20. The standard InChI is InChI=1S/C20H24N2O4S/c1-16-6-9-18(10-7-16)27(25,26)22-14-12-21(13-15-22)20(24)11-8-17-4-2-3-5-19(17)23/h2-7,9-10,23H,8,11-15H2,1H3. The summed E-state index contributed by atoms with van der Waals surface area (Å²) < 4.78 is 26.9. The van der Waals surface area contributed by atoms with E-state index in [0.29, 0.717) is 39.0 Å². The Kier molecular flexibility index (Phi) is 5.82. The maximum absolute atomic E-state index is 12.7. The molecular formula is C20H24N2O4S. The first-order chi connectivity index (χ1) is 12.9. The van der Waals surface area contributed by atoms with Crippen LogP contribution in [0.15, 0.2) is 53.4 Å². The number of benzene rings is 2. The summed E-state index contributed by atoms with van der Waals surface area (Å²) in [7, 11) is -3.53. The van der Waals surface area contributed by atoms with Gasteiger partial charge in [-0.25, -0.2) is 8.42 Å². The lowest BCUT2D eigenvalue weighted by atomic mass is 10.1. The van der Waals surface area contributed by atoms with Crippen molar-refractivity contribution in [1.29, 1.82) is 0 Å². The number of nitrogens with zero attached hydrogens (tertiary/aromatic N) is 2. The lowest BCUT2D eigenvalue weighted by Gasteiger charge is -2.34. The summed E-state index contributed by atoms with van der Waals surface area (Å²) in [6, 6.07) is 13.8. The average molecular weight is 388 g/mol. The van der Waals surface area contributed by atoms with Gasteiger partial charge in [0.25, 0.3) is 0 Å². The van der Waals surface area contributed by atoms with Gasteiger partial charge in [-0.3, -0.25) is 4.79 Å². The number of aromatic hydroxyl groups is 1. The second-order valence-corrected chi connectivity index (χ2v) is 8.66. The van der Waals surface area contributed by atoms with Gasteiger partial charge in [0.15, 0.2) is 0 Å². The van der Waals surface area contributed by atoms with E-state index in [-0.39, 0.29) is 16.6 Å². The average Bonchev–Trinajstić information content (AvgIpc) is 2.67. The number of phenolic OH excluding ortho intramolecular Hbond substituents is 1. The molecule has 1 heterocycles. The summed E-state index contributed by atoms with van der Waals surface area (Å²) >= 11 is 0. The molecule has 0 unspecified atom stereocenters. The summed E-state index contributed by atoms with van der Waals surface area (Å²) in [5.41, 5.74) is 1.75. The van der Waals surface area contributed by atoms with Crippen LogP contribution in [0, 0.1) is 6.92 Å². The zero-order valence-corrected chi connectivity index (χ0v) is 16.2. The molecule has 1 amide bonds. The Morgan fingerprint density at radius 2 is 1.63 bits per heavy atom. The molecule has 7 heteroatoms. The van der Waals surface area contributed by atoms with Gasteiger partial charge in [-0.15, -0.1) is 0 Å². The Morgan fingerprint density at radius 3 is 2.26 bits per heavy atom. The number of hydrogen-bond donors (Lipinski definition) is 1. The maximum Gasteiger partial charge on any atom is 0.243 e. The molecule has 2 aromatic rings. The number of piperazine rings is 1. The van der Waals surface area contributed by atoms with E-state index < -0.39 is 10.0 Å². The van der Waals surface area contributed by atoms with Gasteiger partial charge in [-0.05, 0) is 37.1 Å². The molecule has 27 heavy (non-hydrogen) atoms. The van der Waals surface area contributed by atoms with Gasteiger partial charge >= 0.3 is 0 Å². The van der Waals surface area contributed by atoms with E-state index in [1.807, 2.05) is 13.0 Å². The van der Waals surface area contributed by atoms with Crippen molar-refractivity contribution in [2.24, 2.45) is 0 Å². The third-order valence-electron chi connectivity index (χ3n) is 4.85. The van der Waals surface area contributed by atoms with Crippen LogP contribution >= 0.6 is 0 Å². The lowest BCUT2D eigenvalue weighted by molar-refractivity contribution is -0.132. The molecule has 0 spiro atoms. The second kappa shape index (κ2) is 8.10. The summed E-state index contributed by atoms with van der Waals surface area (Å²) in [6.45, 7) is 3.25.